The summed E-state index contributed by atoms with van der Waals surface area (Å²) in [4.78, 5) is 12.0. The lowest BCUT2D eigenvalue weighted by Crippen LogP contribution is -2.39. The summed E-state index contributed by atoms with van der Waals surface area (Å²) in [5, 5.41) is 10.5. The molecule has 0 aliphatic carbocycles. The third-order valence-corrected chi connectivity index (χ3v) is 5.72. The summed E-state index contributed by atoms with van der Waals surface area (Å²) in [6.45, 7) is 0.746. The van der Waals surface area contributed by atoms with Crippen molar-refractivity contribution < 1.29 is 13.2 Å². The molecule has 1 aromatic carbocycles. The zero-order valence-corrected chi connectivity index (χ0v) is 12.9. The van der Waals surface area contributed by atoms with E-state index in [-0.39, 0.29) is 24.6 Å². The fourth-order valence-electron chi connectivity index (χ4n) is 2.56. The lowest BCUT2D eigenvalue weighted by atomic mass is 10.2. The Morgan fingerprint density at radius 2 is 2.23 bits per heavy atom. The summed E-state index contributed by atoms with van der Waals surface area (Å²) in [5.74, 6) is -0.00915. The molecule has 2 aromatic rings. The first-order chi connectivity index (χ1) is 10.5. The van der Waals surface area contributed by atoms with Crippen LogP contribution in [0.25, 0.3) is 10.9 Å². The van der Waals surface area contributed by atoms with Crippen molar-refractivity contribution in [3.8, 4) is 0 Å². The molecule has 22 heavy (non-hydrogen) atoms. The molecule has 2 N–H and O–H groups in total. The highest BCUT2D eigenvalue weighted by Gasteiger charge is 2.25. The van der Waals surface area contributed by atoms with Gasteiger partial charge in [0.1, 0.15) is 0 Å². The maximum Gasteiger partial charge on any atom is 0.225 e. The Bertz CT molecular complexity index is 784. The number of carbonyl (C=O) groups excluding carboxylic acids is 1. The second-order valence-corrected chi connectivity index (χ2v) is 7.48. The highest BCUT2D eigenvalue weighted by Crippen LogP contribution is 2.17. The predicted octanol–water partition coefficient (Wildman–Crippen LogP) is 1.32. The summed E-state index contributed by atoms with van der Waals surface area (Å²) < 4.78 is 25.1. The van der Waals surface area contributed by atoms with Gasteiger partial charge in [-0.3, -0.25) is 9.89 Å². The molecule has 1 saturated heterocycles. The zero-order chi connectivity index (χ0) is 15.6. The molecule has 7 nitrogen and oxygen atoms in total. The predicted molar refractivity (Wildman–Crippen MR) is 83.9 cm³/mol. The lowest BCUT2D eigenvalue weighted by molar-refractivity contribution is -0.116. The molecule has 2 heterocycles. The van der Waals surface area contributed by atoms with Crippen molar-refractivity contribution in [3.63, 3.8) is 0 Å². The molecule has 8 heteroatoms. The molecule has 118 valence electrons. The van der Waals surface area contributed by atoms with Gasteiger partial charge in [0.05, 0.1) is 17.5 Å². The summed E-state index contributed by atoms with van der Waals surface area (Å²) in [6.07, 6.45) is 3.43. The van der Waals surface area contributed by atoms with E-state index in [1.54, 1.807) is 18.3 Å². The van der Waals surface area contributed by atoms with E-state index in [0.29, 0.717) is 18.7 Å². The molecule has 0 saturated carbocycles. The maximum atomic E-state index is 12.0. The Balaban J connectivity index is 1.58. The van der Waals surface area contributed by atoms with Crippen LogP contribution < -0.4 is 5.32 Å². The maximum absolute atomic E-state index is 12.0. The number of nitrogens with zero attached hydrogens (tertiary/aromatic N) is 2. The van der Waals surface area contributed by atoms with E-state index in [4.69, 9.17) is 0 Å². The summed E-state index contributed by atoms with van der Waals surface area (Å²) in [6, 6.07) is 5.47. The fourth-order valence-corrected chi connectivity index (χ4v) is 4.16. The molecular weight excluding hydrogens is 304 g/mol. The van der Waals surface area contributed by atoms with Gasteiger partial charge in [0.15, 0.2) is 0 Å². The van der Waals surface area contributed by atoms with Crippen LogP contribution in [0.5, 0.6) is 0 Å². The molecule has 1 aliphatic heterocycles. The fraction of sp³-hybridized carbons (Fsp3) is 0.429. The largest absolute Gasteiger partial charge is 0.326 e. The zero-order valence-electron chi connectivity index (χ0n) is 12.1. The third-order valence-electron chi connectivity index (χ3n) is 3.77. The van der Waals surface area contributed by atoms with E-state index < -0.39 is 10.0 Å². The molecule has 0 unspecified atom stereocenters. The number of benzene rings is 1. The number of anilines is 1. The van der Waals surface area contributed by atoms with Crippen LogP contribution in [-0.2, 0) is 14.8 Å². The third kappa shape index (κ3) is 3.28. The highest BCUT2D eigenvalue weighted by atomic mass is 32.2. The minimum absolute atomic E-state index is 0.153. The average molecular weight is 322 g/mol. The molecule has 0 radical (unpaired) electrons. The van der Waals surface area contributed by atoms with Gasteiger partial charge in [-0.25, -0.2) is 12.7 Å². The number of aromatic amines is 1. The van der Waals surface area contributed by atoms with Crippen LogP contribution in [0.4, 0.5) is 5.69 Å². The van der Waals surface area contributed by atoms with Gasteiger partial charge in [0.25, 0.3) is 0 Å². The molecule has 0 spiro atoms. The standard InChI is InChI=1S/C14H18N4O3S/c19-14(5-7-18-6-1-2-8-22(18,20)21)16-12-4-3-11-10-15-17-13(11)9-12/h3-4,9-10H,1-2,5-8H2,(H,15,17)(H,16,19). The van der Waals surface area contributed by atoms with Crippen molar-refractivity contribution in [2.24, 2.45) is 0 Å². The molecule has 0 atom stereocenters. The van der Waals surface area contributed by atoms with E-state index in [2.05, 4.69) is 15.5 Å². The number of fused-ring (bicyclic) bond motifs is 1. The van der Waals surface area contributed by atoms with E-state index >= 15 is 0 Å². The summed E-state index contributed by atoms with van der Waals surface area (Å²) >= 11 is 0. The second-order valence-electron chi connectivity index (χ2n) is 5.39. The molecule has 1 fully saturated rings. The van der Waals surface area contributed by atoms with Crippen LogP contribution in [0, 0.1) is 0 Å². The first-order valence-electron chi connectivity index (χ1n) is 7.25. The minimum Gasteiger partial charge on any atom is -0.326 e. The molecule has 1 aliphatic rings. The van der Waals surface area contributed by atoms with E-state index in [1.165, 1.54) is 4.31 Å². The lowest BCUT2D eigenvalue weighted by Gasteiger charge is -2.25. The molecule has 0 bridgehead atoms. The average Bonchev–Trinajstić information content (AvgIpc) is 2.93. The number of amides is 1. The smallest absolute Gasteiger partial charge is 0.225 e. The number of hydrogen-bond donors (Lipinski definition) is 2. The normalized spacial score (nSPS) is 18.4. The van der Waals surface area contributed by atoms with Crippen LogP contribution in [0.3, 0.4) is 0 Å². The number of nitrogens with one attached hydrogen (secondary N) is 2. The van der Waals surface area contributed by atoms with Gasteiger partial charge in [0, 0.05) is 30.6 Å². The Morgan fingerprint density at radius 1 is 1.36 bits per heavy atom. The van der Waals surface area contributed by atoms with Crippen molar-refractivity contribution in [2.75, 3.05) is 24.2 Å². The Kier molecular flexibility index (Phi) is 4.12. The first kappa shape index (κ1) is 15.0. The monoisotopic (exact) mass is 322 g/mol. The minimum atomic E-state index is -3.17. The van der Waals surface area contributed by atoms with Gasteiger partial charge >= 0.3 is 0 Å². The van der Waals surface area contributed by atoms with E-state index in [9.17, 15) is 13.2 Å². The topological polar surface area (TPSA) is 95.2 Å². The summed E-state index contributed by atoms with van der Waals surface area (Å²) in [7, 11) is -3.17. The summed E-state index contributed by atoms with van der Waals surface area (Å²) in [5.41, 5.74) is 1.51. The van der Waals surface area contributed by atoms with Crippen LogP contribution >= 0.6 is 0 Å². The molecule has 1 aromatic heterocycles. The van der Waals surface area contributed by atoms with Crippen molar-refractivity contribution in [1.82, 2.24) is 14.5 Å². The number of sulfonamides is 1. The number of carbonyl (C=O) groups is 1. The van der Waals surface area contributed by atoms with Gasteiger partial charge in [-0.1, -0.05) is 0 Å². The van der Waals surface area contributed by atoms with Crippen LogP contribution in [0.1, 0.15) is 19.3 Å². The van der Waals surface area contributed by atoms with Gasteiger partial charge in [-0.2, -0.15) is 5.10 Å². The van der Waals surface area contributed by atoms with Crippen molar-refractivity contribution >= 4 is 32.5 Å². The van der Waals surface area contributed by atoms with Gasteiger partial charge < -0.3 is 5.32 Å². The van der Waals surface area contributed by atoms with Crippen LogP contribution in [-0.4, -0.2) is 47.7 Å². The van der Waals surface area contributed by atoms with E-state index in [0.717, 1.165) is 17.3 Å². The van der Waals surface area contributed by atoms with Crippen molar-refractivity contribution in [2.45, 2.75) is 19.3 Å². The van der Waals surface area contributed by atoms with Crippen LogP contribution in [0.15, 0.2) is 24.4 Å². The number of aromatic nitrogens is 2. The Labute approximate surface area is 128 Å². The van der Waals surface area contributed by atoms with E-state index in [1.807, 2.05) is 6.07 Å². The first-order valence-corrected chi connectivity index (χ1v) is 8.86. The van der Waals surface area contributed by atoms with Crippen LogP contribution in [0.2, 0.25) is 0 Å². The van der Waals surface area contributed by atoms with Gasteiger partial charge in [-0.15, -0.1) is 0 Å². The molecule has 1 amide bonds. The van der Waals surface area contributed by atoms with Crippen molar-refractivity contribution in [3.05, 3.63) is 24.4 Å². The number of H-pyrrole nitrogens is 1. The molecule has 3 rings (SSSR count). The number of hydrogen-bond acceptors (Lipinski definition) is 4. The SMILES string of the molecule is O=C(CCN1CCCCS1(=O)=O)Nc1ccc2cn[nH]c2c1. The Morgan fingerprint density at radius 3 is 3.05 bits per heavy atom. The Hall–Kier alpha value is -1.93. The van der Waals surface area contributed by atoms with Gasteiger partial charge in [0.2, 0.25) is 15.9 Å². The number of rotatable bonds is 4. The van der Waals surface area contributed by atoms with Crippen molar-refractivity contribution in [1.29, 1.82) is 0 Å². The molecular formula is C14H18N4O3S. The quantitative estimate of drug-likeness (QED) is 0.887. The second kappa shape index (κ2) is 6.05. The van der Waals surface area contributed by atoms with Gasteiger partial charge in [-0.05, 0) is 31.0 Å². The highest BCUT2D eigenvalue weighted by molar-refractivity contribution is 7.89.